The molecule has 0 aromatic carbocycles. The van der Waals surface area contributed by atoms with Crippen molar-refractivity contribution in [1.29, 1.82) is 0 Å². The van der Waals surface area contributed by atoms with Gasteiger partial charge >= 0.3 is 71.1 Å². The molecule has 0 radical (unpaired) electrons. The SMILES string of the molecule is CCCN(C)[I-]C[N+](=O)[O-]. The molecule has 5 heteroatoms. The second-order valence-corrected chi connectivity index (χ2v) is 4.91. The van der Waals surface area contributed by atoms with E-state index in [9.17, 15) is 10.1 Å². The van der Waals surface area contributed by atoms with E-state index >= 15 is 0 Å². The summed E-state index contributed by atoms with van der Waals surface area (Å²) in [5.74, 6) is 0. The van der Waals surface area contributed by atoms with Crippen molar-refractivity contribution in [2.45, 2.75) is 13.3 Å². The number of nitrogens with zero attached hydrogens (tertiary/aromatic N) is 2. The number of hydrogen-bond donors (Lipinski definition) is 0. The first-order chi connectivity index (χ1) is 4.66. The fraction of sp³-hybridized carbons (Fsp3) is 1.00. The van der Waals surface area contributed by atoms with Crippen molar-refractivity contribution in [3.05, 3.63) is 10.1 Å². The zero-order chi connectivity index (χ0) is 7.98. The van der Waals surface area contributed by atoms with Crippen molar-refractivity contribution < 1.29 is 26.4 Å². The fourth-order valence-corrected chi connectivity index (χ4v) is 2.10. The first kappa shape index (κ1) is 10.1. The van der Waals surface area contributed by atoms with Crippen molar-refractivity contribution >= 4 is 0 Å². The van der Waals surface area contributed by atoms with E-state index in [-0.39, 0.29) is 31.0 Å². The van der Waals surface area contributed by atoms with Crippen LogP contribution in [0.2, 0.25) is 0 Å². The molecule has 0 aromatic heterocycles. The van der Waals surface area contributed by atoms with Gasteiger partial charge in [-0.1, -0.05) is 0 Å². The summed E-state index contributed by atoms with van der Waals surface area (Å²) in [5.41, 5.74) is 0. The summed E-state index contributed by atoms with van der Waals surface area (Å²) in [6.45, 7) is 3.06. The van der Waals surface area contributed by atoms with Gasteiger partial charge < -0.3 is 0 Å². The van der Waals surface area contributed by atoms with E-state index in [4.69, 9.17) is 0 Å². The summed E-state index contributed by atoms with van der Waals surface area (Å²) in [4.78, 5) is 9.68. The summed E-state index contributed by atoms with van der Waals surface area (Å²) in [6.07, 6.45) is 1.08. The number of nitro groups is 1. The molecular formula is C5H12IN2O2-. The molecule has 0 aromatic rings. The quantitative estimate of drug-likeness (QED) is 0.138. The Labute approximate surface area is 71.4 Å². The van der Waals surface area contributed by atoms with Crippen LogP contribution >= 0.6 is 0 Å². The van der Waals surface area contributed by atoms with Crippen LogP contribution in [0.1, 0.15) is 13.3 Å². The van der Waals surface area contributed by atoms with Crippen molar-refractivity contribution in [2.24, 2.45) is 0 Å². The van der Waals surface area contributed by atoms with Crippen molar-refractivity contribution in [2.75, 3.05) is 18.1 Å². The Morgan fingerprint density at radius 1 is 1.70 bits per heavy atom. The van der Waals surface area contributed by atoms with Gasteiger partial charge in [-0.3, -0.25) is 0 Å². The van der Waals surface area contributed by atoms with E-state index in [1.54, 1.807) is 0 Å². The topological polar surface area (TPSA) is 46.4 Å². The molecule has 62 valence electrons. The number of hydrogen-bond acceptors (Lipinski definition) is 3. The number of halogens is 1. The molecule has 0 heterocycles. The Hall–Kier alpha value is 0.0900. The van der Waals surface area contributed by atoms with Gasteiger partial charge in [-0.15, -0.1) is 0 Å². The summed E-state index contributed by atoms with van der Waals surface area (Å²) in [5, 5.41) is 9.91. The monoisotopic (exact) mass is 259 g/mol. The van der Waals surface area contributed by atoms with Crippen molar-refractivity contribution in [3.8, 4) is 0 Å². The van der Waals surface area contributed by atoms with Gasteiger partial charge in [0.15, 0.2) is 0 Å². The minimum absolute atomic E-state index is 0.162. The molecule has 0 bridgehead atoms. The molecule has 0 saturated carbocycles. The van der Waals surface area contributed by atoms with Gasteiger partial charge in [0, 0.05) is 0 Å². The van der Waals surface area contributed by atoms with E-state index in [0.717, 1.165) is 13.0 Å². The van der Waals surface area contributed by atoms with E-state index in [0.29, 0.717) is 0 Å². The third-order valence-electron chi connectivity index (χ3n) is 0.887. The molecular weight excluding hydrogens is 247 g/mol. The van der Waals surface area contributed by atoms with Crippen LogP contribution in [0.5, 0.6) is 0 Å². The van der Waals surface area contributed by atoms with Crippen LogP contribution in [0.25, 0.3) is 0 Å². The van der Waals surface area contributed by atoms with E-state index in [2.05, 4.69) is 10.0 Å². The third-order valence-corrected chi connectivity index (χ3v) is 3.40. The molecule has 10 heavy (non-hydrogen) atoms. The minimum atomic E-state index is -0.350. The molecule has 0 N–H and O–H groups in total. The van der Waals surface area contributed by atoms with E-state index < -0.39 is 0 Å². The van der Waals surface area contributed by atoms with Crippen LogP contribution in [0.4, 0.5) is 0 Å². The maximum atomic E-state index is 9.91. The average molecular weight is 259 g/mol. The summed E-state index contributed by atoms with van der Waals surface area (Å²) in [7, 11) is 1.94. The Bertz CT molecular complexity index is 110. The van der Waals surface area contributed by atoms with Gasteiger partial charge in [-0.05, 0) is 0 Å². The van der Waals surface area contributed by atoms with Crippen LogP contribution in [0.3, 0.4) is 0 Å². The van der Waals surface area contributed by atoms with E-state index in [1.165, 1.54) is 0 Å². The van der Waals surface area contributed by atoms with Crippen LogP contribution in [0.15, 0.2) is 0 Å². The normalized spacial score (nSPS) is 10.7. The van der Waals surface area contributed by atoms with Crippen LogP contribution in [0, 0.1) is 10.1 Å². The molecule has 0 spiro atoms. The second kappa shape index (κ2) is 5.84. The number of alkyl halides is 1. The average Bonchev–Trinajstić information content (AvgIpc) is 1.85. The predicted molar refractivity (Wildman–Crippen MR) is 34.8 cm³/mol. The predicted octanol–water partition coefficient (Wildman–Crippen LogP) is -2.43. The number of rotatable bonds is 5. The van der Waals surface area contributed by atoms with Gasteiger partial charge in [0.25, 0.3) is 0 Å². The van der Waals surface area contributed by atoms with Crippen molar-refractivity contribution in [3.63, 3.8) is 0 Å². The molecule has 4 nitrogen and oxygen atoms in total. The molecule has 0 saturated heterocycles. The summed E-state index contributed by atoms with van der Waals surface area (Å²) < 4.78 is 2.23. The van der Waals surface area contributed by atoms with Gasteiger partial charge in [0.05, 0.1) is 0 Å². The fourth-order valence-electron chi connectivity index (χ4n) is 0.503. The van der Waals surface area contributed by atoms with Crippen LogP contribution in [-0.2, 0) is 0 Å². The van der Waals surface area contributed by atoms with Crippen molar-refractivity contribution in [1.82, 2.24) is 3.11 Å². The Morgan fingerprint density at radius 3 is 2.70 bits per heavy atom. The molecule has 0 atom stereocenters. The maximum absolute atomic E-state index is 9.91. The molecule has 0 aliphatic rings. The molecule has 0 fully saturated rings. The summed E-state index contributed by atoms with van der Waals surface area (Å²) >= 11 is -0.350. The van der Waals surface area contributed by atoms with Gasteiger partial charge in [-0.2, -0.15) is 0 Å². The zero-order valence-electron chi connectivity index (χ0n) is 6.21. The molecule has 0 aliphatic carbocycles. The first-order valence-corrected chi connectivity index (χ1v) is 5.58. The molecule has 0 unspecified atom stereocenters. The van der Waals surface area contributed by atoms with Crippen LogP contribution in [-0.4, -0.2) is 26.2 Å². The second-order valence-electron chi connectivity index (χ2n) is 1.90. The Balaban J connectivity index is 3.21. The standard InChI is InChI=1S/C5H12IN2O2/c1-3-4-7(2)6-5-8(9)10/h3-5H2,1-2H3/q-1. The molecule has 0 aliphatic heterocycles. The van der Waals surface area contributed by atoms with E-state index in [1.807, 2.05) is 7.05 Å². The van der Waals surface area contributed by atoms with Gasteiger partial charge in [0.1, 0.15) is 0 Å². The first-order valence-electron chi connectivity index (χ1n) is 3.09. The molecule has 0 rings (SSSR count). The van der Waals surface area contributed by atoms with Gasteiger partial charge in [0.2, 0.25) is 0 Å². The van der Waals surface area contributed by atoms with Crippen LogP contribution < -0.4 is 21.5 Å². The Morgan fingerprint density at radius 2 is 2.30 bits per heavy atom. The van der Waals surface area contributed by atoms with Gasteiger partial charge in [-0.25, -0.2) is 0 Å². The third kappa shape index (κ3) is 6.21. The Kier molecular flexibility index (Phi) is 5.90. The zero-order valence-corrected chi connectivity index (χ0v) is 8.37. The summed E-state index contributed by atoms with van der Waals surface area (Å²) in [6, 6.07) is 0. The molecule has 0 amide bonds.